The Hall–Kier alpha value is -2.95. The summed E-state index contributed by atoms with van der Waals surface area (Å²) in [7, 11) is 1.59. The van der Waals surface area contributed by atoms with Gasteiger partial charge in [0.25, 0.3) is 5.91 Å². The second-order valence-electron chi connectivity index (χ2n) is 4.64. The zero-order valence-corrected chi connectivity index (χ0v) is 13.0. The monoisotopic (exact) mass is 313 g/mol. The molecule has 0 aliphatic rings. The summed E-state index contributed by atoms with van der Waals surface area (Å²) in [6.07, 6.45) is 1.66. The lowest BCUT2D eigenvalue weighted by Gasteiger charge is -2.09. The Morgan fingerprint density at radius 2 is 1.83 bits per heavy atom. The van der Waals surface area contributed by atoms with Gasteiger partial charge in [-0.3, -0.25) is 4.79 Å². The van der Waals surface area contributed by atoms with E-state index in [2.05, 4.69) is 11.9 Å². The highest BCUT2D eigenvalue weighted by Crippen LogP contribution is 2.18. The van der Waals surface area contributed by atoms with E-state index in [0.29, 0.717) is 23.8 Å². The summed E-state index contributed by atoms with van der Waals surface area (Å²) in [5, 5.41) is 2.76. The van der Waals surface area contributed by atoms with Crippen molar-refractivity contribution in [3.8, 4) is 17.2 Å². The van der Waals surface area contributed by atoms with Crippen molar-refractivity contribution in [1.82, 2.24) is 0 Å². The number of rotatable bonds is 8. The zero-order valence-electron chi connectivity index (χ0n) is 13.0. The lowest BCUT2D eigenvalue weighted by atomic mass is 10.3. The van der Waals surface area contributed by atoms with Crippen LogP contribution in [-0.2, 0) is 4.79 Å². The smallest absolute Gasteiger partial charge is 0.262 e. The van der Waals surface area contributed by atoms with Crippen LogP contribution < -0.4 is 19.5 Å². The predicted octanol–water partition coefficient (Wildman–Crippen LogP) is 3.28. The third-order valence-electron chi connectivity index (χ3n) is 2.92. The topological polar surface area (TPSA) is 56.8 Å². The van der Waals surface area contributed by atoms with Gasteiger partial charge < -0.3 is 19.5 Å². The maximum atomic E-state index is 11.9. The molecular formula is C18H19NO4. The van der Waals surface area contributed by atoms with Gasteiger partial charge in [0.1, 0.15) is 23.9 Å². The van der Waals surface area contributed by atoms with Crippen LogP contribution >= 0.6 is 0 Å². The van der Waals surface area contributed by atoms with Crippen molar-refractivity contribution in [1.29, 1.82) is 0 Å². The molecule has 0 radical (unpaired) electrons. The van der Waals surface area contributed by atoms with Crippen molar-refractivity contribution in [3.05, 3.63) is 61.2 Å². The Kier molecular flexibility index (Phi) is 6.06. The zero-order chi connectivity index (χ0) is 16.5. The minimum Gasteiger partial charge on any atom is -0.497 e. The standard InChI is InChI=1S/C18H19NO4/c1-3-11-22-17-6-4-5-14(12-17)19-18(20)13-23-16-9-7-15(21-2)8-10-16/h3-10,12H,1,11,13H2,2H3,(H,19,20). The second-order valence-corrected chi connectivity index (χ2v) is 4.64. The maximum Gasteiger partial charge on any atom is 0.262 e. The first kappa shape index (κ1) is 16.4. The molecule has 0 aromatic heterocycles. The number of nitrogens with one attached hydrogen (secondary N) is 1. The number of benzene rings is 2. The molecule has 0 saturated carbocycles. The van der Waals surface area contributed by atoms with Crippen LogP contribution in [0.25, 0.3) is 0 Å². The molecule has 0 spiro atoms. The van der Waals surface area contributed by atoms with Crippen LogP contribution in [0, 0.1) is 0 Å². The fourth-order valence-corrected chi connectivity index (χ4v) is 1.84. The van der Waals surface area contributed by atoms with Gasteiger partial charge in [-0.25, -0.2) is 0 Å². The van der Waals surface area contributed by atoms with E-state index >= 15 is 0 Å². The van der Waals surface area contributed by atoms with Crippen molar-refractivity contribution in [3.63, 3.8) is 0 Å². The molecule has 2 aromatic carbocycles. The Labute approximate surface area is 135 Å². The van der Waals surface area contributed by atoms with Crippen molar-refractivity contribution >= 4 is 11.6 Å². The molecule has 5 heteroatoms. The van der Waals surface area contributed by atoms with Gasteiger partial charge in [0.05, 0.1) is 7.11 Å². The van der Waals surface area contributed by atoms with Crippen LogP contribution in [0.1, 0.15) is 0 Å². The van der Waals surface area contributed by atoms with Crippen LogP contribution in [0.5, 0.6) is 17.2 Å². The predicted molar refractivity (Wildman–Crippen MR) is 89.3 cm³/mol. The molecule has 0 heterocycles. The summed E-state index contributed by atoms with van der Waals surface area (Å²) in [6.45, 7) is 3.93. The van der Waals surface area contributed by atoms with E-state index in [1.807, 2.05) is 6.07 Å². The summed E-state index contributed by atoms with van der Waals surface area (Å²) in [5.41, 5.74) is 0.648. The minimum atomic E-state index is -0.248. The Balaban J connectivity index is 1.85. The van der Waals surface area contributed by atoms with Gasteiger partial charge in [0.15, 0.2) is 6.61 Å². The fourth-order valence-electron chi connectivity index (χ4n) is 1.84. The van der Waals surface area contributed by atoms with E-state index in [1.54, 1.807) is 55.7 Å². The van der Waals surface area contributed by atoms with Crippen LogP contribution in [0.15, 0.2) is 61.2 Å². The summed E-state index contributed by atoms with van der Waals surface area (Å²) < 4.78 is 15.9. The van der Waals surface area contributed by atoms with E-state index in [-0.39, 0.29) is 12.5 Å². The van der Waals surface area contributed by atoms with E-state index in [0.717, 1.165) is 5.75 Å². The normalized spacial score (nSPS) is 9.78. The highest BCUT2D eigenvalue weighted by atomic mass is 16.5. The lowest BCUT2D eigenvalue weighted by molar-refractivity contribution is -0.118. The van der Waals surface area contributed by atoms with E-state index in [4.69, 9.17) is 14.2 Å². The molecule has 1 N–H and O–H groups in total. The largest absolute Gasteiger partial charge is 0.497 e. The number of anilines is 1. The molecule has 5 nitrogen and oxygen atoms in total. The van der Waals surface area contributed by atoms with Crippen LogP contribution in [0.3, 0.4) is 0 Å². The molecule has 0 aliphatic carbocycles. The van der Waals surface area contributed by atoms with E-state index in [9.17, 15) is 4.79 Å². The number of hydrogen-bond acceptors (Lipinski definition) is 4. The molecule has 0 unspecified atom stereocenters. The van der Waals surface area contributed by atoms with Crippen molar-refractivity contribution in [2.45, 2.75) is 0 Å². The van der Waals surface area contributed by atoms with Crippen LogP contribution in [-0.4, -0.2) is 26.2 Å². The van der Waals surface area contributed by atoms with Crippen molar-refractivity contribution in [2.24, 2.45) is 0 Å². The van der Waals surface area contributed by atoms with Gasteiger partial charge in [-0.15, -0.1) is 0 Å². The summed E-state index contributed by atoms with van der Waals surface area (Å²) in [6, 6.07) is 14.2. The van der Waals surface area contributed by atoms with Crippen molar-refractivity contribution < 1.29 is 19.0 Å². The quantitative estimate of drug-likeness (QED) is 0.760. The molecule has 0 fully saturated rings. The summed E-state index contributed by atoms with van der Waals surface area (Å²) in [4.78, 5) is 11.9. The molecule has 1 amide bonds. The van der Waals surface area contributed by atoms with Crippen molar-refractivity contribution in [2.75, 3.05) is 25.6 Å². The highest BCUT2D eigenvalue weighted by Gasteiger charge is 2.05. The lowest BCUT2D eigenvalue weighted by Crippen LogP contribution is -2.20. The SMILES string of the molecule is C=CCOc1cccc(NC(=O)COc2ccc(OC)cc2)c1. The van der Waals surface area contributed by atoms with E-state index in [1.165, 1.54) is 0 Å². The Morgan fingerprint density at radius 3 is 2.52 bits per heavy atom. The Bertz CT molecular complexity index is 652. The molecule has 0 atom stereocenters. The molecule has 120 valence electrons. The third-order valence-corrected chi connectivity index (χ3v) is 2.92. The molecule has 2 rings (SSSR count). The van der Waals surface area contributed by atoms with Crippen LogP contribution in [0.2, 0.25) is 0 Å². The number of hydrogen-bond donors (Lipinski definition) is 1. The first-order valence-corrected chi connectivity index (χ1v) is 7.11. The minimum absolute atomic E-state index is 0.0793. The van der Waals surface area contributed by atoms with Gasteiger partial charge in [-0.1, -0.05) is 18.7 Å². The first-order valence-electron chi connectivity index (χ1n) is 7.11. The molecule has 23 heavy (non-hydrogen) atoms. The van der Waals surface area contributed by atoms with Gasteiger partial charge in [0, 0.05) is 11.8 Å². The third kappa shape index (κ3) is 5.39. The highest BCUT2D eigenvalue weighted by molar-refractivity contribution is 5.92. The number of amides is 1. The van der Waals surface area contributed by atoms with Gasteiger partial charge in [0.2, 0.25) is 0 Å². The molecule has 0 saturated heterocycles. The second kappa shape index (κ2) is 8.48. The molecule has 0 aliphatic heterocycles. The summed E-state index contributed by atoms with van der Waals surface area (Å²) in [5.74, 6) is 1.75. The molecular weight excluding hydrogens is 294 g/mol. The first-order chi connectivity index (χ1) is 11.2. The van der Waals surface area contributed by atoms with Crippen LogP contribution in [0.4, 0.5) is 5.69 Å². The van der Waals surface area contributed by atoms with Gasteiger partial charge in [-0.05, 0) is 36.4 Å². The van der Waals surface area contributed by atoms with Gasteiger partial charge >= 0.3 is 0 Å². The fraction of sp³-hybridized carbons (Fsp3) is 0.167. The average molecular weight is 313 g/mol. The Morgan fingerprint density at radius 1 is 1.09 bits per heavy atom. The molecule has 0 bridgehead atoms. The van der Waals surface area contributed by atoms with E-state index < -0.39 is 0 Å². The number of carbonyl (C=O) groups is 1. The summed E-state index contributed by atoms with van der Waals surface area (Å²) >= 11 is 0. The number of carbonyl (C=O) groups excluding carboxylic acids is 1. The number of ether oxygens (including phenoxy) is 3. The molecule has 2 aromatic rings. The maximum absolute atomic E-state index is 11.9. The average Bonchev–Trinajstić information content (AvgIpc) is 2.59. The number of methoxy groups -OCH3 is 1. The van der Waals surface area contributed by atoms with Gasteiger partial charge in [-0.2, -0.15) is 0 Å².